The molecule has 4 aliphatic rings. The van der Waals surface area contributed by atoms with Crippen LogP contribution in [-0.2, 0) is 14.5 Å². The number of halogens is 1. The number of hydrogen-bond donors (Lipinski definition) is 0. The molecule has 4 fully saturated rings. The molecule has 5 heteroatoms. The van der Waals surface area contributed by atoms with Crippen LogP contribution < -0.4 is 0 Å². The molecular weight excluding hydrogens is 320 g/mol. The van der Waals surface area contributed by atoms with E-state index < -0.39 is 5.79 Å². The molecule has 0 radical (unpaired) electrons. The van der Waals surface area contributed by atoms with Crippen LogP contribution in [0.3, 0.4) is 0 Å². The highest BCUT2D eigenvalue weighted by Gasteiger charge is 2.59. The fourth-order valence-corrected chi connectivity index (χ4v) is 5.36. The van der Waals surface area contributed by atoms with Crippen LogP contribution in [0, 0.1) is 5.92 Å². The lowest BCUT2D eigenvalue weighted by atomic mass is 9.74. The van der Waals surface area contributed by atoms with Crippen molar-refractivity contribution in [3.05, 3.63) is 29.3 Å². The first-order valence-electron chi connectivity index (χ1n) is 8.07. The van der Waals surface area contributed by atoms with E-state index in [-0.39, 0.29) is 11.0 Å². The summed E-state index contributed by atoms with van der Waals surface area (Å²) in [5.74, 6) is -0.0949. The average Bonchev–Trinajstić information content (AvgIpc) is 2.74. The molecule has 0 unspecified atom stereocenters. The number of hydrogen-bond acceptors (Lipinski definition) is 4. The number of benzene rings is 1. The molecule has 5 rings (SSSR count). The van der Waals surface area contributed by atoms with Gasteiger partial charge in [-0.2, -0.15) is 0 Å². The number of rotatable bonds is 2. The Bertz CT molecular complexity index is 547. The van der Waals surface area contributed by atoms with Crippen LogP contribution in [0.15, 0.2) is 29.2 Å². The van der Waals surface area contributed by atoms with E-state index in [1.54, 1.807) is 11.8 Å². The van der Waals surface area contributed by atoms with Gasteiger partial charge in [0.2, 0.25) is 0 Å². The van der Waals surface area contributed by atoms with E-state index >= 15 is 0 Å². The van der Waals surface area contributed by atoms with Crippen molar-refractivity contribution in [3.8, 4) is 0 Å². The Morgan fingerprint density at radius 2 is 1.91 bits per heavy atom. The molecule has 1 spiro atoms. The van der Waals surface area contributed by atoms with Gasteiger partial charge >= 0.3 is 0 Å². The quantitative estimate of drug-likeness (QED) is 0.694. The molecule has 120 valence electrons. The van der Waals surface area contributed by atoms with E-state index in [4.69, 9.17) is 26.1 Å². The summed E-state index contributed by atoms with van der Waals surface area (Å²) in [6, 6.07) is 7.95. The van der Waals surface area contributed by atoms with Gasteiger partial charge in [-0.15, -0.1) is 0 Å². The fraction of sp³-hybridized carbons (Fsp3) is 0.647. The maximum Gasteiger partial charge on any atom is 0.200 e. The monoisotopic (exact) mass is 340 g/mol. The lowest BCUT2D eigenvalue weighted by Crippen LogP contribution is -2.57. The van der Waals surface area contributed by atoms with Crippen molar-refractivity contribution in [1.82, 2.24) is 0 Å². The van der Waals surface area contributed by atoms with Gasteiger partial charge in [-0.1, -0.05) is 36.2 Å². The third kappa shape index (κ3) is 2.59. The van der Waals surface area contributed by atoms with Crippen molar-refractivity contribution in [3.63, 3.8) is 0 Å². The third-order valence-electron chi connectivity index (χ3n) is 5.19. The van der Waals surface area contributed by atoms with Crippen LogP contribution in [0.1, 0.15) is 45.4 Å². The molecule has 2 bridgehead atoms. The molecule has 22 heavy (non-hydrogen) atoms. The minimum Gasteiger partial charge on any atom is -0.330 e. The Labute approximate surface area is 140 Å². The Morgan fingerprint density at radius 3 is 2.73 bits per heavy atom. The normalized spacial score (nSPS) is 41.0. The van der Waals surface area contributed by atoms with Crippen molar-refractivity contribution in [2.24, 2.45) is 5.92 Å². The first-order chi connectivity index (χ1) is 10.6. The second-order valence-electron chi connectivity index (χ2n) is 6.76. The van der Waals surface area contributed by atoms with Crippen LogP contribution in [-0.4, -0.2) is 16.8 Å². The SMILES string of the molecule is C[C@]12CC[C@H]3CCCC[C@@]3(OO1)[C@H](Sc1ccc(Cl)cc1)O2. The van der Waals surface area contributed by atoms with Gasteiger partial charge in [0.25, 0.3) is 0 Å². The largest absolute Gasteiger partial charge is 0.330 e. The minimum absolute atomic E-state index is 0.0276. The van der Waals surface area contributed by atoms with Gasteiger partial charge in [-0.05, 0) is 56.4 Å². The van der Waals surface area contributed by atoms with Crippen LogP contribution in [0.2, 0.25) is 5.02 Å². The van der Waals surface area contributed by atoms with Crippen molar-refractivity contribution in [2.75, 3.05) is 0 Å². The molecule has 1 aromatic rings. The van der Waals surface area contributed by atoms with Gasteiger partial charge in [0.05, 0.1) is 0 Å². The van der Waals surface area contributed by atoms with E-state index in [2.05, 4.69) is 0 Å². The van der Waals surface area contributed by atoms with Crippen molar-refractivity contribution < 1.29 is 14.5 Å². The van der Waals surface area contributed by atoms with Gasteiger partial charge in [0.1, 0.15) is 11.0 Å². The molecule has 0 amide bonds. The van der Waals surface area contributed by atoms with Crippen molar-refractivity contribution >= 4 is 23.4 Å². The summed E-state index contributed by atoms with van der Waals surface area (Å²) in [7, 11) is 0. The fourth-order valence-electron chi connectivity index (χ4n) is 3.90. The average molecular weight is 341 g/mol. The predicted octanol–water partition coefficient (Wildman–Crippen LogP) is 5.18. The number of ether oxygens (including phenoxy) is 1. The molecule has 1 saturated carbocycles. The highest BCUT2D eigenvalue weighted by molar-refractivity contribution is 7.99. The first kappa shape index (κ1) is 15.3. The van der Waals surface area contributed by atoms with Gasteiger partial charge in [0, 0.05) is 16.3 Å². The highest BCUT2D eigenvalue weighted by atomic mass is 35.5. The van der Waals surface area contributed by atoms with E-state index in [1.807, 2.05) is 31.2 Å². The van der Waals surface area contributed by atoms with E-state index in [9.17, 15) is 0 Å². The second kappa shape index (κ2) is 5.67. The summed E-state index contributed by atoms with van der Waals surface area (Å²) in [6.45, 7) is 1.99. The maximum absolute atomic E-state index is 6.37. The van der Waals surface area contributed by atoms with Crippen LogP contribution in [0.25, 0.3) is 0 Å². The topological polar surface area (TPSA) is 27.7 Å². The Hall–Kier alpha value is -0.260. The zero-order valence-corrected chi connectivity index (χ0v) is 14.3. The molecule has 1 aliphatic carbocycles. The summed E-state index contributed by atoms with van der Waals surface area (Å²) < 4.78 is 6.37. The van der Waals surface area contributed by atoms with Crippen molar-refractivity contribution in [2.45, 2.75) is 67.2 Å². The molecule has 0 N–H and O–H groups in total. The molecule has 4 atom stereocenters. The first-order valence-corrected chi connectivity index (χ1v) is 9.32. The molecule has 0 aromatic heterocycles. The summed E-state index contributed by atoms with van der Waals surface area (Å²) in [5.41, 5.74) is -0.335. The van der Waals surface area contributed by atoms with Crippen LogP contribution >= 0.6 is 23.4 Å². The summed E-state index contributed by atoms with van der Waals surface area (Å²) >= 11 is 7.73. The van der Waals surface area contributed by atoms with E-state index in [0.717, 1.165) is 29.2 Å². The van der Waals surface area contributed by atoms with E-state index in [1.165, 1.54) is 19.3 Å². The lowest BCUT2D eigenvalue weighted by molar-refractivity contribution is -0.513. The summed E-state index contributed by atoms with van der Waals surface area (Å²) in [4.78, 5) is 12.9. The molecule has 3 heterocycles. The second-order valence-corrected chi connectivity index (χ2v) is 8.33. The molecule has 3 saturated heterocycles. The molecule has 1 aromatic carbocycles. The zero-order valence-electron chi connectivity index (χ0n) is 12.7. The Kier molecular flexibility index (Phi) is 3.94. The Morgan fingerprint density at radius 1 is 1.09 bits per heavy atom. The number of thioether (sulfide) groups is 1. The predicted molar refractivity (Wildman–Crippen MR) is 86.7 cm³/mol. The van der Waals surface area contributed by atoms with E-state index in [0.29, 0.717) is 5.92 Å². The van der Waals surface area contributed by atoms with Crippen LogP contribution in [0.4, 0.5) is 0 Å². The molecule has 3 aliphatic heterocycles. The zero-order chi connectivity index (χ0) is 15.2. The van der Waals surface area contributed by atoms with Gasteiger partial charge in [-0.3, -0.25) is 0 Å². The molecule has 3 nitrogen and oxygen atoms in total. The number of fused-ring (bicyclic) bond motifs is 3. The smallest absolute Gasteiger partial charge is 0.200 e. The standard InChI is InChI=1S/C17H21ClO3S/c1-16-11-9-12-4-2-3-10-17(12,21-20-16)15(19-16)22-14-7-5-13(18)6-8-14/h5-8,12,15H,2-4,9-11H2,1H3/t12-,15+,16-,17+/m1/s1. The van der Waals surface area contributed by atoms with Gasteiger partial charge in [0.15, 0.2) is 5.79 Å². The Balaban J connectivity index is 1.65. The van der Waals surface area contributed by atoms with Crippen LogP contribution in [0.5, 0.6) is 0 Å². The summed E-state index contributed by atoms with van der Waals surface area (Å²) in [5, 5.41) is 0.757. The van der Waals surface area contributed by atoms with Gasteiger partial charge in [-0.25, -0.2) is 9.78 Å². The van der Waals surface area contributed by atoms with Crippen molar-refractivity contribution in [1.29, 1.82) is 0 Å². The third-order valence-corrected chi connectivity index (χ3v) is 6.70. The maximum atomic E-state index is 6.37. The summed E-state index contributed by atoms with van der Waals surface area (Å²) in [6.07, 6.45) is 6.70. The lowest BCUT2D eigenvalue weighted by Gasteiger charge is -2.49. The highest BCUT2D eigenvalue weighted by Crippen LogP contribution is 2.55. The minimum atomic E-state index is -0.618. The molecular formula is C17H21ClO3S. The van der Waals surface area contributed by atoms with Gasteiger partial charge < -0.3 is 4.74 Å².